The van der Waals surface area contributed by atoms with E-state index in [1.807, 2.05) is 0 Å². The normalized spacial score (nSPS) is 21.0. The molecule has 0 bridgehead atoms. The van der Waals surface area contributed by atoms with E-state index in [0.29, 0.717) is 0 Å². The van der Waals surface area contributed by atoms with Crippen LogP contribution >= 0.6 is 85.8 Å². The molecule has 0 heterocycles. The van der Waals surface area contributed by atoms with Gasteiger partial charge >= 0.3 is 85.8 Å². The van der Waals surface area contributed by atoms with E-state index < -0.39 is 229 Å². The summed E-state index contributed by atoms with van der Waals surface area (Å²) in [6.45, 7) is -12.4. The van der Waals surface area contributed by atoms with Gasteiger partial charge in [-0.05, 0) is 40.8 Å². The van der Waals surface area contributed by atoms with Crippen LogP contribution in [0.1, 0.15) is 26.7 Å². The summed E-state index contributed by atoms with van der Waals surface area (Å²) in [6.07, 6.45) is -5.96. The van der Waals surface area contributed by atoms with Crippen molar-refractivity contribution in [1.82, 2.24) is 10.6 Å². The van der Waals surface area contributed by atoms with Gasteiger partial charge in [0.1, 0.15) is 0 Å². The van der Waals surface area contributed by atoms with Crippen molar-refractivity contribution in [2.24, 2.45) is 0 Å². The SMILES string of the molecule is CNCOCCC(CO)OP(=O)(O)OCCOP(=O)(O)OCCOP(=O)(O)OCCOP(=O)(O)OCCOP(=O)(O)OCC(CCOCNC)OP(=O)(O)OCCOP(=O)(O)OCC(C)OP(=O)(O)OCCOP(=O)(O)OCC(C)OP(=O)(O)OCCOP(C)(=O)O. The molecular weight excluding hydrogens is 1500 g/mol. The molecule has 14 N–H and O–H groups in total. The van der Waals surface area contributed by atoms with Gasteiger partial charge in [0.2, 0.25) is 0 Å². The third-order valence-corrected chi connectivity index (χ3v) is 19.7. The molecule has 15 unspecified atom stereocenters. The van der Waals surface area contributed by atoms with Crippen LogP contribution in [0.2, 0.25) is 0 Å². The van der Waals surface area contributed by atoms with Gasteiger partial charge in [0.15, 0.2) is 0 Å². The Morgan fingerprint density at radius 3 is 0.772 bits per heavy atom. The number of hydrogen-bond acceptors (Lipinski definition) is 37. The molecule has 0 aromatic carbocycles. The maximum atomic E-state index is 12.7. The maximum Gasteiger partial charge on any atom is 0.472 e. The predicted molar refractivity (Wildman–Crippen MR) is 302 cm³/mol. The zero-order valence-corrected chi connectivity index (χ0v) is 59.3. The summed E-state index contributed by atoms with van der Waals surface area (Å²) < 4.78 is 241. The average molecular weight is 1580 g/mol. The van der Waals surface area contributed by atoms with Crippen molar-refractivity contribution in [3.05, 3.63) is 0 Å². The summed E-state index contributed by atoms with van der Waals surface area (Å²) in [4.78, 5) is 108. The molecular formula is C33H81N2O46P11. The van der Waals surface area contributed by atoms with Gasteiger partial charge in [-0.1, -0.05) is 0 Å². The minimum atomic E-state index is -5.19. The lowest BCUT2D eigenvalue weighted by molar-refractivity contribution is 0.0218. The Labute approximate surface area is 526 Å². The molecule has 0 aromatic heterocycles. The van der Waals surface area contributed by atoms with Crippen molar-refractivity contribution in [1.29, 1.82) is 0 Å². The lowest BCUT2D eigenvalue weighted by Crippen LogP contribution is -2.23. The van der Waals surface area contributed by atoms with Crippen LogP contribution in [0, 0.1) is 0 Å². The fraction of sp³-hybridized carbons (Fsp3) is 1.00. The van der Waals surface area contributed by atoms with E-state index in [-0.39, 0.29) is 39.5 Å². The molecule has 0 saturated heterocycles. The van der Waals surface area contributed by atoms with Crippen molar-refractivity contribution >= 4 is 85.8 Å². The van der Waals surface area contributed by atoms with Crippen molar-refractivity contribution in [2.75, 3.05) is 166 Å². The Morgan fingerprint density at radius 1 is 0.293 bits per heavy atom. The molecule has 0 amide bonds. The number of ether oxygens (including phenoxy) is 2. The first-order valence-corrected chi connectivity index (χ1v) is 42.6. The molecule has 0 aliphatic heterocycles. The van der Waals surface area contributed by atoms with Crippen molar-refractivity contribution in [2.45, 2.75) is 51.1 Å². The summed E-state index contributed by atoms with van der Waals surface area (Å²) in [6, 6.07) is 0. The minimum Gasteiger partial charge on any atom is -0.394 e. The van der Waals surface area contributed by atoms with Crippen LogP contribution in [0.25, 0.3) is 0 Å². The lowest BCUT2D eigenvalue weighted by Gasteiger charge is -2.22. The monoisotopic (exact) mass is 1580 g/mol. The highest BCUT2D eigenvalue weighted by molar-refractivity contribution is 7.52. The van der Waals surface area contributed by atoms with Gasteiger partial charge in [-0.2, -0.15) is 0 Å². The molecule has 48 nitrogen and oxygen atoms in total. The van der Waals surface area contributed by atoms with Crippen molar-refractivity contribution in [3.8, 4) is 0 Å². The zero-order chi connectivity index (χ0) is 70.5. The molecule has 0 radical (unpaired) electrons. The van der Waals surface area contributed by atoms with E-state index in [9.17, 15) is 104 Å². The quantitative estimate of drug-likeness (QED) is 0.0235. The lowest BCUT2D eigenvalue weighted by atomic mass is 10.3. The fourth-order valence-corrected chi connectivity index (χ4v) is 13.5. The van der Waals surface area contributed by atoms with Crippen LogP contribution in [0.15, 0.2) is 0 Å². The summed E-state index contributed by atoms with van der Waals surface area (Å²) in [5.74, 6) is 0. The van der Waals surface area contributed by atoms with Gasteiger partial charge in [0.05, 0.1) is 170 Å². The van der Waals surface area contributed by atoms with Gasteiger partial charge < -0.3 is 72.9 Å². The number of aliphatic hydroxyl groups excluding tert-OH is 1. The fourth-order valence-electron chi connectivity index (χ4n) is 5.13. The van der Waals surface area contributed by atoms with Crippen LogP contribution in [-0.2, 0) is 155 Å². The highest BCUT2D eigenvalue weighted by Gasteiger charge is 2.35. The molecule has 0 saturated carbocycles. The molecule has 0 rings (SSSR count). The van der Waals surface area contributed by atoms with E-state index in [4.69, 9.17) is 37.0 Å². The van der Waals surface area contributed by atoms with Gasteiger partial charge in [-0.25, -0.2) is 45.7 Å². The number of rotatable bonds is 63. The van der Waals surface area contributed by atoms with Gasteiger partial charge in [0, 0.05) is 6.66 Å². The number of aliphatic hydroxyl groups is 1. The second-order valence-corrected chi connectivity index (χ2v) is 33.1. The first-order valence-electron chi connectivity index (χ1n) is 25.6. The smallest absolute Gasteiger partial charge is 0.394 e. The number of nitrogens with one attached hydrogen (secondary N) is 2. The zero-order valence-electron chi connectivity index (χ0n) is 49.4. The second kappa shape index (κ2) is 46.5. The highest BCUT2D eigenvalue weighted by atomic mass is 31.2. The molecule has 0 aliphatic carbocycles. The third kappa shape index (κ3) is 54.8. The first kappa shape index (κ1) is 93.0. The number of phosphoric ester groups is 10. The molecule has 0 spiro atoms. The Kier molecular flexibility index (Phi) is 47.1. The highest BCUT2D eigenvalue weighted by Crippen LogP contribution is 2.53. The predicted octanol–water partition coefficient (Wildman–Crippen LogP) is 1.83. The van der Waals surface area contributed by atoms with E-state index in [0.717, 1.165) is 20.5 Å². The molecule has 0 aromatic rings. The summed E-state index contributed by atoms with van der Waals surface area (Å²) in [5, 5.41) is 14.6. The van der Waals surface area contributed by atoms with Crippen LogP contribution in [0.4, 0.5) is 0 Å². The van der Waals surface area contributed by atoms with E-state index in [2.05, 4.69) is 83.0 Å². The topological polar surface area (TPSA) is 667 Å². The van der Waals surface area contributed by atoms with Gasteiger partial charge in [-0.3, -0.25) is 106 Å². The standard InChI is InChI=1S/C33H81N2O46P11/c1-30(78-89(51,52)71-11-10-61-82(5,37)38)25-75-86(45,46)68-19-21-72-90(53,54)79-31(2)26-76-87(47,48)69-20-23-74-92(57,58)81-33(7-9-60-29-35-4)27-77-88(49,50)70-17-16-66-84(41,42)64-13-12-62-83(39,40)63-14-15-65-85(43,44)67-18-22-73-91(55,56)80-32(24-36)6-8-59-28-34-3/h30-36H,6-29H2,1-5H3,(H,37,38)(H,39,40)(H,41,42)(H,43,44)(H,45,46)(H,47,48)(H,49,50)(H,51,52)(H,53,54)(H,55,56)(H,57,58). The van der Waals surface area contributed by atoms with Gasteiger partial charge in [-0.15, -0.1) is 0 Å². The summed E-state index contributed by atoms with van der Waals surface area (Å²) >= 11 is 0. The van der Waals surface area contributed by atoms with Crippen LogP contribution in [0.3, 0.4) is 0 Å². The summed E-state index contributed by atoms with van der Waals surface area (Å²) in [7, 11) is -50.6. The van der Waals surface area contributed by atoms with Crippen molar-refractivity contribution < 1.29 is 214 Å². The van der Waals surface area contributed by atoms with E-state index in [1.165, 1.54) is 7.05 Å². The Bertz CT molecular complexity index is 2600. The number of phosphoric acid groups is 10. The third-order valence-electron chi connectivity index (χ3n) is 8.65. The molecule has 554 valence electrons. The van der Waals surface area contributed by atoms with E-state index in [1.54, 1.807) is 7.05 Å². The van der Waals surface area contributed by atoms with Crippen LogP contribution in [0.5, 0.6) is 0 Å². The van der Waals surface area contributed by atoms with Gasteiger partial charge in [0.25, 0.3) is 0 Å². The Balaban J connectivity index is 4.76. The largest absolute Gasteiger partial charge is 0.472 e. The Morgan fingerprint density at radius 2 is 0.511 bits per heavy atom. The molecule has 92 heavy (non-hydrogen) atoms. The average Bonchev–Trinajstić information content (AvgIpc) is 1.05. The van der Waals surface area contributed by atoms with E-state index >= 15 is 0 Å². The molecule has 0 fully saturated rings. The molecule has 59 heteroatoms. The maximum absolute atomic E-state index is 12.7. The van der Waals surface area contributed by atoms with Crippen molar-refractivity contribution in [3.63, 3.8) is 0 Å². The molecule has 0 aliphatic rings. The minimum absolute atomic E-state index is 0.0109. The van der Waals surface area contributed by atoms with Crippen LogP contribution in [-0.4, -0.2) is 250 Å². The number of hydrogen-bond donors (Lipinski definition) is 14. The van der Waals surface area contributed by atoms with Crippen LogP contribution < -0.4 is 10.6 Å². The molecule has 15 atom stereocenters. The summed E-state index contributed by atoms with van der Waals surface area (Å²) in [5.41, 5.74) is 0. The second-order valence-electron chi connectivity index (χ2n) is 16.9. The first-order chi connectivity index (χ1) is 42.3. The Hall–Kier alpha value is 1.05.